The third-order valence-electron chi connectivity index (χ3n) is 4.25. The van der Waals surface area contributed by atoms with Gasteiger partial charge in [0.1, 0.15) is 11.4 Å². The molecular formula is C17H20FNO5S. The van der Waals surface area contributed by atoms with Gasteiger partial charge in [0.05, 0.1) is 17.8 Å². The van der Waals surface area contributed by atoms with Crippen LogP contribution in [0.1, 0.15) is 25.5 Å². The molecule has 6 nitrogen and oxygen atoms in total. The van der Waals surface area contributed by atoms with Crippen molar-refractivity contribution in [1.82, 2.24) is 4.72 Å². The van der Waals surface area contributed by atoms with E-state index in [-0.39, 0.29) is 29.7 Å². The zero-order valence-corrected chi connectivity index (χ0v) is 14.6. The topological polar surface area (TPSA) is 88.8 Å². The molecule has 2 aromatic rings. The van der Waals surface area contributed by atoms with Gasteiger partial charge >= 0.3 is 0 Å². The first-order valence-corrected chi connectivity index (χ1v) is 9.53. The average Bonchev–Trinajstić information content (AvgIpc) is 3.29. The van der Waals surface area contributed by atoms with Gasteiger partial charge in [0.15, 0.2) is 11.6 Å². The summed E-state index contributed by atoms with van der Waals surface area (Å²) in [6.07, 6.45) is 3.01. The van der Waals surface area contributed by atoms with Gasteiger partial charge in [-0.3, -0.25) is 0 Å². The van der Waals surface area contributed by atoms with Crippen molar-refractivity contribution in [3.05, 3.63) is 48.2 Å². The van der Waals surface area contributed by atoms with Crippen molar-refractivity contribution >= 4 is 10.0 Å². The number of nitrogens with one attached hydrogen (secondary N) is 1. The van der Waals surface area contributed by atoms with E-state index in [2.05, 4.69) is 4.72 Å². The summed E-state index contributed by atoms with van der Waals surface area (Å²) in [6.45, 7) is 1.74. The maximum atomic E-state index is 13.9. The van der Waals surface area contributed by atoms with Crippen LogP contribution in [0.5, 0.6) is 5.75 Å². The van der Waals surface area contributed by atoms with E-state index in [0.717, 1.165) is 18.9 Å². The first-order chi connectivity index (χ1) is 11.9. The molecule has 0 radical (unpaired) electrons. The molecule has 1 aromatic carbocycles. The zero-order chi connectivity index (χ0) is 18.1. The second-order valence-electron chi connectivity index (χ2n) is 6.03. The minimum absolute atomic E-state index is 0.00785. The highest BCUT2D eigenvalue weighted by atomic mass is 32.2. The number of aliphatic hydroxyl groups is 1. The third-order valence-corrected chi connectivity index (χ3v) is 5.64. The van der Waals surface area contributed by atoms with Gasteiger partial charge in [0.2, 0.25) is 10.0 Å². The highest BCUT2D eigenvalue weighted by molar-refractivity contribution is 7.89. The summed E-state index contributed by atoms with van der Waals surface area (Å²) < 4.78 is 51.5. The molecule has 2 N–H and O–H groups in total. The fourth-order valence-electron chi connectivity index (χ4n) is 2.73. The first kappa shape index (κ1) is 17.9. The summed E-state index contributed by atoms with van der Waals surface area (Å²) in [6, 6.07) is 6.69. The lowest BCUT2D eigenvalue weighted by molar-refractivity contribution is -0.00224. The van der Waals surface area contributed by atoms with Crippen LogP contribution in [0.2, 0.25) is 0 Å². The molecule has 1 aliphatic carbocycles. The molecule has 0 bridgehead atoms. The van der Waals surface area contributed by atoms with E-state index in [1.165, 1.54) is 18.4 Å². The number of hydrogen-bond donors (Lipinski definition) is 2. The third kappa shape index (κ3) is 3.70. The SMILES string of the molecule is CCOc1ccc(S(=O)(=O)NC[C@@](O)(c2ccco2)C2CC2)cc1F. The second kappa shape index (κ2) is 6.78. The van der Waals surface area contributed by atoms with Gasteiger partial charge in [-0.15, -0.1) is 0 Å². The van der Waals surface area contributed by atoms with Crippen molar-refractivity contribution in [3.8, 4) is 5.75 Å². The van der Waals surface area contributed by atoms with Crippen LogP contribution in [0.25, 0.3) is 0 Å². The molecule has 1 aliphatic rings. The molecule has 0 unspecified atom stereocenters. The van der Waals surface area contributed by atoms with E-state index in [1.807, 2.05) is 0 Å². The van der Waals surface area contributed by atoms with Gasteiger partial charge in [-0.25, -0.2) is 17.5 Å². The molecule has 0 spiro atoms. The van der Waals surface area contributed by atoms with Gasteiger partial charge in [-0.2, -0.15) is 0 Å². The molecule has 1 atom stereocenters. The molecule has 1 aromatic heterocycles. The van der Waals surface area contributed by atoms with E-state index in [4.69, 9.17) is 9.15 Å². The highest BCUT2D eigenvalue weighted by Crippen LogP contribution is 2.45. The Balaban J connectivity index is 1.78. The average molecular weight is 369 g/mol. The lowest BCUT2D eigenvalue weighted by atomic mass is 9.95. The van der Waals surface area contributed by atoms with E-state index in [1.54, 1.807) is 19.1 Å². The van der Waals surface area contributed by atoms with Crippen LogP contribution in [-0.4, -0.2) is 26.7 Å². The molecule has 0 aliphatic heterocycles. The maximum Gasteiger partial charge on any atom is 0.240 e. The number of rotatable bonds is 8. The summed E-state index contributed by atoms with van der Waals surface area (Å²) >= 11 is 0. The van der Waals surface area contributed by atoms with Crippen LogP contribution in [0.4, 0.5) is 4.39 Å². The Morgan fingerprint density at radius 1 is 1.40 bits per heavy atom. The van der Waals surface area contributed by atoms with Gasteiger partial charge in [0, 0.05) is 6.54 Å². The van der Waals surface area contributed by atoms with Crippen LogP contribution in [0.15, 0.2) is 45.9 Å². The van der Waals surface area contributed by atoms with Gasteiger partial charge in [-0.1, -0.05) is 0 Å². The van der Waals surface area contributed by atoms with Crippen LogP contribution < -0.4 is 9.46 Å². The number of halogens is 1. The molecule has 8 heteroatoms. The number of sulfonamides is 1. The largest absolute Gasteiger partial charge is 0.491 e. The van der Waals surface area contributed by atoms with E-state index < -0.39 is 21.4 Å². The molecule has 0 amide bonds. The molecule has 136 valence electrons. The molecule has 3 rings (SSSR count). The summed E-state index contributed by atoms with van der Waals surface area (Å²) in [7, 11) is -3.99. The summed E-state index contributed by atoms with van der Waals surface area (Å²) in [5.74, 6) is -0.520. The van der Waals surface area contributed by atoms with Crippen LogP contribution in [-0.2, 0) is 15.6 Å². The van der Waals surface area contributed by atoms with Crippen LogP contribution in [0.3, 0.4) is 0 Å². The Labute approximate surface area is 145 Å². The highest BCUT2D eigenvalue weighted by Gasteiger charge is 2.47. The molecule has 25 heavy (non-hydrogen) atoms. The van der Waals surface area contributed by atoms with Gasteiger partial charge in [-0.05, 0) is 56.0 Å². The lowest BCUT2D eigenvalue weighted by Gasteiger charge is -2.26. The predicted molar refractivity (Wildman–Crippen MR) is 88.1 cm³/mol. The normalized spacial score (nSPS) is 17.2. The minimum atomic E-state index is -3.99. The summed E-state index contributed by atoms with van der Waals surface area (Å²) in [5, 5.41) is 10.9. The Kier molecular flexibility index (Phi) is 4.86. The number of furan rings is 1. The quantitative estimate of drug-likeness (QED) is 0.746. The predicted octanol–water partition coefficient (Wildman–Crippen LogP) is 2.39. The summed E-state index contributed by atoms with van der Waals surface area (Å²) in [4.78, 5) is -0.231. The van der Waals surface area contributed by atoms with Crippen molar-refractivity contribution in [2.45, 2.75) is 30.3 Å². The lowest BCUT2D eigenvalue weighted by Crippen LogP contribution is -2.42. The smallest absolute Gasteiger partial charge is 0.240 e. The van der Waals surface area contributed by atoms with Crippen LogP contribution in [0, 0.1) is 11.7 Å². The van der Waals surface area contributed by atoms with Gasteiger partial charge < -0.3 is 14.3 Å². The zero-order valence-electron chi connectivity index (χ0n) is 13.7. The molecule has 1 fully saturated rings. The Bertz CT molecular complexity index is 833. The maximum absolute atomic E-state index is 13.9. The van der Waals surface area contributed by atoms with E-state index >= 15 is 0 Å². The second-order valence-corrected chi connectivity index (χ2v) is 7.79. The Morgan fingerprint density at radius 3 is 2.72 bits per heavy atom. The van der Waals surface area contributed by atoms with Crippen molar-refractivity contribution in [1.29, 1.82) is 0 Å². The molecule has 0 saturated heterocycles. The number of benzene rings is 1. The monoisotopic (exact) mass is 369 g/mol. The summed E-state index contributed by atoms with van der Waals surface area (Å²) in [5.41, 5.74) is -1.42. The fourth-order valence-corrected chi connectivity index (χ4v) is 3.81. The van der Waals surface area contributed by atoms with E-state index in [9.17, 15) is 17.9 Å². The standard InChI is InChI=1S/C17H20FNO5S/c1-2-23-15-8-7-13(10-14(15)18)25(21,22)19-11-17(20,12-5-6-12)16-4-3-9-24-16/h3-4,7-10,12,19-20H,2,5-6,11H2,1H3/t17-/m0/s1. The number of hydrogen-bond acceptors (Lipinski definition) is 5. The Hall–Kier alpha value is -1.90. The molecular weight excluding hydrogens is 349 g/mol. The number of ether oxygens (including phenoxy) is 1. The molecule has 1 saturated carbocycles. The van der Waals surface area contributed by atoms with Crippen LogP contribution >= 0.6 is 0 Å². The van der Waals surface area contributed by atoms with Crippen molar-refractivity contribution in [2.75, 3.05) is 13.2 Å². The van der Waals surface area contributed by atoms with Crippen molar-refractivity contribution < 1.29 is 27.1 Å². The Morgan fingerprint density at radius 2 is 2.16 bits per heavy atom. The van der Waals surface area contributed by atoms with Gasteiger partial charge in [0.25, 0.3) is 0 Å². The first-order valence-electron chi connectivity index (χ1n) is 8.05. The fraction of sp³-hybridized carbons (Fsp3) is 0.412. The molecule has 1 heterocycles. The van der Waals surface area contributed by atoms with Crippen molar-refractivity contribution in [3.63, 3.8) is 0 Å². The van der Waals surface area contributed by atoms with E-state index in [0.29, 0.717) is 5.76 Å². The van der Waals surface area contributed by atoms with Crippen molar-refractivity contribution in [2.24, 2.45) is 5.92 Å². The minimum Gasteiger partial charge on any atom is -0.491 e.